The summed E-state index contributed by atoms with van der Waals surface area (Å²) in [4.78, 5) is 14.6. The molecule has 0 atom stereocenters. The van der Waals surface area contributed by atoms with Gasteiger partial charge in [-0.1, -0.05) is 6.42 Å². The predicted octanol–water partition coefficient (Wildman–Crippen LogP) is 3.48. The number of hydrogen-bond donors (Lipinski definition) is 0. The number of piperidine rings is 1. The second-order valence-electron chi connectivity index (χ2n) is 8.17. The summed E-state index contributed by atoms with van der Waals surface area (Å²) in [6.45, 7) is 10.1. The Morgan fingerprint density at radius 2 is 1.96 bits per heavy atom. The summed E-state index contributed by atoms with van der Waals surface area (Å²) in [7, 11) is 0. The molecular weight excluding hydrogens is 346 g/mol. The quantitative estimate of drug-likeness (QED) is 0.690. The molecule has 3 aromatic heterocycles. The van der Waals surface area contributed by atoms with Crippen molar-refractivity contribution in [3.63, 3.8) is 0 Å². The number of hydrogen-bond acceptors (Lipinski definition) is 6. The van der Waals surface area contributed by atoms with Crippen LogP contribution in [-0.4, -0.2) is 43.2 Å². The van der Waals surface area contributed by atoms with Crippen molar-refractivity contribution in [3.05, 3.63) is 22.1 Å². The molecule has 0 aliphatic carbocycles. The fourth-order valence-electron chi connectivity index (χ4n) is 4.17. The van der Waals surface area contributed by atoms with Crippen LogP contribution in [0, 0.1) is 6.92 Å². The zero-order valence-corrected chi connectivity index (χ0v) is 16.5. The first-order valence-corrected chi connectivity index (χ1v) is 10.3. The fourth-order valence-corrected chi connectivity index (χ4v) is 5.31. The van der Waals surface area contributed by atoms with E-state index in [2.05, 4.69) is 18.7 Å². The topological polar surface area (TPSA) is 55.6 Å². The Morgan fingerprint density at radius 3 is 2.77 bits per heavy atom. The highest BCUT2D eigenvalue weighted by atomic mass is 32.1. The molecule has 1 saturated heterocycles. The number of aromatic nitrogens is 4. The van der Waals surface area contributed by atoms with Crippen molar-refractivity contribution < 1.29 is 4.74 Å². The molecule has 0 amide bonds. The van der Waals surface area contributed by atoms with Gasteiger partial charge in [0.2, 0.25) is 0 Å². The molecule has 2 aliphatic heterocycles. The standard InChI is InChI=1S/C19H25N5OS/c1-12-20-18-16(13-9-19(2,3)25-11-14(13)26-18)17-21-15(22-24(12)17)10-23-7-5-4-6-8-23/h4-11H2,1-3H3. The van der Waals surface area contributed by atoms with Gasteiger partial charge >= 0.3 is 0 Å². The molecule has 3 aromatic rings. The van der Waals surface area contributed by atoms with Crippen LogP contribution in [0.5, 0.6) is 0 Å². The van der Waals surface area contributed by atoms with Crippen molar-refractivity contribution in [2.24, 2.45) is 0 Å². The number of rotatable bonds is 2. The monoisotopic (exact) mass is 371 g/mol. The number of aryl methyl sites for hydroxylation is 1. The van der Waals surface area contributed by atoms with Crippen LogP contribution in [0.15, 0.2) is 0 Å². The van der Waals surface area contributed by atoms with Crippen molar-refractivity contribution in [3.8, 4) is 0 Å². The molecule has 0 bridgehead atoms. The zero-order chi connectivity index (χ0) is 17.9. The zero-order valence-electron chi connectivity index (χ0n) is 15.7. The number of likely N-dealkylation sites (tertiary alicyclic amines) is 1. The molecule has 0 spiro atoms. The highest BCUT2D eigenvalue weighted by Gasteiger charge is 2.31. The molecule has 2 aliphatic rings. The highest BCUT2D eigenvalue weighted by molar-refractivity contribution is 7.19. The largest absolute Gasteiger partial charge is 0.370 e. The maximum absolute atomic E-state index is 6.00. The molecule has 7 heteroatoms. The molecule has 0 N–H and O–H groups in total. The van der Waals surface area contributed by atoms with Gasteiger partial charge in [0.05, 0.1) is 24.1 Å². The lowest BCUT2D eigenvalue weighted by molar-refractivity contribution is -0.0379. The van der Waals surface area contributed by atoms with E-state index in [1.165, 1.54) is 35.1 Å². The maximum Gasteiger partial charge on any atom is 0.168 e. The second kappa shape index (κ2) is 5.97. The van der Waals surface area contributed by atoms with Gasteiger partial charge in [0.15, 0.2) is 11.5 Å². The van der Waals surface area contributed by atoms with Crippen LogP contribution in [0.25, 0.3) is 15.9 Å². The minimum absolute atomic E-state index is 0.139. The molecule has 26 heavy (non-hydrogen) atoms. The number of nitrogens with zero attached hydrogens (tertiary/aromatic N) is 5. The molecular formula is C19H25N5OS. The van der Waals surface area contributed by atoms with E-state index in [0.717, 1.165) is 48.2 Å². The van der Waals surface area contributed by atoms with Crippen molar-refractivity contribution >= 4 is 27.2 Å². The first-order chi connectivity index (χ1) is 12.5. The van der Waals surface area contributed by atoms with Crippen LogP contribution >= 0.6 is 11.3 Å². The van der Waals surface area contributed by atoms with E-state index in [1.807, 2.05) is 11.4 Å². The highest BCUT2D eigenvalue weighted by Crippen LogP contribution is 2.39. The summed E-state index contributed by atoms with van der Waals surface area (Å²) in [5.74, 6) is 1.82. The molecule has 0 radical (unpaired) electrons. The third kappa shape index (κ3) is 2.73. The molecule has 0 aromatic carbocycles. The van der Waals surface area contributed by atoms with Crippen LogP contribution in [0.1, 0.15) is 55.2 Å². The molecule has 1 fully saturated rings. The van der Waals surface area contributed by atoms with Crippen molar-refractivity contribution in [2.45, 2.75) is 65.2 Å². The fraction of sp³-hybridized carbons (Fsp3) is 0.632. The van der Waals surface area contributed by atoms with Gasteiger partial charge in [0.25, 0.3) is 0 Å². The minimum Gasteiger partial charge on any atom is -0.370 e. The minimum atomic E-state index is -0.139. The van der Waals surface area contributed by atoms with Gasteiger partial charge in [-0.3, -0.25) is 4.90 Å². The van der Waals surface area contributed by atoms with Crippen LogP contribution in [0.3, 0.4) is 0 Å². The van der Waals surface area contributed by atoms with Crippen molar-refractivity contribution in [1.82, 2.24) is 24.5 Å². The van der Waals surface area contributed by atoms with Crippen LogP contribution in [0.2, 0.25) is 0 Å². The molecule has 138 valence electrons. The average molecular weight is 372 g/mol. The Kier molecular flexibility index (Phi) is 3.81. The molecule has 0 saturated carbocycles. The lowest BCUT2D eigenvalue weighted by Crippen LogP contribution is -2.31. The van der Waals surface area contributed by atoms with E-state index in [1.54, 1.807) is 11.3 Å². The van der Waals surface area contributed by atoms with E-state index in [-0.39, 0.29) is 5.60 Å². The smallest absolute Gasteiger partial charge is 0.168 e. The Hall–Kier alpha value is -1.57. The third-order valence-electron chi connectivity index (χ3n) is 5.53. The third-order valence-corrected chi connectivity index (χ3v) is 6.63. The summed E-state index contributed by atoms with van der Waals surface area (Å²) in [5.41, 5.74) is 2.19. The second-order valence-corrected chi connectivity index (χ2v) is 9.25. The van der Waals surface area contributed by atoms with Crippen LogP contribution < -0.4 is 0 Å². The number of thiophene rings is 1. The average Bonchev–Trinajstić information content (AvgIpc) is 3.16. The van der Waals surface area contributed by atoms with Crippen molar-refractivity contribution in [1.29, 1.82) is 0 Å². The van der Waals surface area contributed by atoms with Crippen molar-refractivity contribution in [2.75, 3.05) is 13.1 Å². The first-order valence-electron chi connectivity index (χ1n) is 9.53. The number of fused-ring (bicyclic) bond motifs is 5. The summed E-state index contributed by atoms with van der Waals surface area (Å²) in [5, 5.41) is 5.98. The van der Waals surface area contributed by atoms with Gasteiger partial charge in [-0.15, -0.1) is 16.4 Å². The van der Waals surface area contributed by atoms with Gasteiger partial charge < -0.3 is 4.74 Å². The Bertz CT molecular complexity index is 983. The summed E-state index contributed by atoms with van der Waals surface area (Å²) < 4.78 is 7.94. The number of ether oxygens (including phenoxy) is 1. The van der Waals surface area contributed by atoms with Crippen LogP contribution in [-0.2, 0) is 24.3 Å². The van der Waals surface area contributed by atoms with Crippen LogP contribution in [0.4, 0.5) is 0 Å². The lowest BCUT2D eigenvalue weighted by Gasteiger charge is -2.30. The summed E-state index contributed by atoms with van der Waals surface area (Å²) in [6.07, 6.45) is 4.81. The summed E-state index contributed by atoms with van der Waals surface area (Å²) in [6, 6.07) is 0. The van der Waals surface area contributed by atoms with E-state index in [0.29, 0.717) is 6.61 Å². The summed E-state index contributed by atoms with van der Waals surface area (Å²) >= 11 is 1.75. The lowest BCUT2D eigenvalue weighted by atomic mass is 9.94. The molecule has 5 heterocycles. The van der Waals surface area contributed by atoms with E-state index in [4.69, 9.17) is 19.8 Å². The molecule has 6 nitrogen and oxygen atoms in total. The van der Waals surface area contributed by atoms with Gasteiger partial charge in [-0.25, -0.2) is 9.97 Å². The maximum atomic E-state index is 6.00. The Labute approximate surface area is 157 Å². The van der Waals surface area contributed by atoms with Gasteiger partial charge in [0.1, 0.15) is 10.7 Å². The normalized spacial score (nSPS) is 20.7. The Balaban J connectivity index is 1.63. The van der Waals surface area contributed by atoms with Gasteiger partial charge in [0, 0.05) is 11.3 Å². The Morgan fingerprint density at radius 1 is 1.15 bits per heavy atom. The molecule has 0 unspecified atom stereocenters. The first kappa shape index (κ1) is 16.6. The van der Waals surface area contributed by atoms with Gasteiger partial charge in [-0.2, -0.15) is 4.52 Å². The molecule has 5 rings (SSSR count). The SMILES string of the molecule is Cc1nc2sc3c(c2c2nc(CN4CCCCC4)nn12)CC(C)(C)OC3. The van der Waals surface area contributed by atoms with E-state index >= 15 is 0 Å². The van der Waals surface area contributed by atoms with E-state index < -0.39 is 0 Å². The van der Waals surface area contributed by atoms with E-state index in [9.17, 15) is 0 Å². The predicted molar refractivity (Wildman–Crippen MR) is 103 cm³/mol. The van der Waals surface area contributed by atoms with Gasteiger partial charge in [-0.05, 0) is 52.3 Å².